The van der Waals surface area contributed by atoms with Crippen LogP contribution in [0.5, 0.6) is 0 Å². The van der Waals surface area contributed by atoms with Crippen LogP contribution in [0.1, 0.15) is 24.8 Å². The van der Waals surface area contributed by atoms with E-state index >= 15 is 0 Å². The molecule has 0 aliphatic heterocycles. The lowest BCUT2D eigenvalue weighted by Gasteiger charge is -2.36. The Bertz CT molecular complexity index is 587. The Kier molecular flexibility index (Phi) is 4.41. The zero-order valence-electron chi connectivity index (χ0n) is 11.8. The average molecular weight is 301 g/mol. The minimum atomic E-state index is -0.547. The summed E-state index contributed by atoms with van der Waals surface area (Å²) in [6.07, 6.45) is 6.33. The summed E-state index contributed by atoms with van der Waals surface area (Å²) >= 11 is 1.66. The standard InChI is InChI=1S/C16H19N3OS/c20-16(7-4-8-16)12-18-14-9-17-10-15(19-14)21-11-13-5-2-1-3-6-13/h1-3,5-6,9-10,20H,4,7-8,11-12H2,(H,18,19). The second-order valence-corrected chi connectivity index (χ2v) is 6.44. The van der Waals surface area contributed by atoms with Gasteiger partial charge in [0, 0.05) is 12.3 Å². The fourth-order valence-electron chi connectivity index (χ4n) is 2.25. The molecule has 0 saturated heterocycles. The lowest BCUT2D eigenvalue weighted by molar-refractivity contribution is -0.0202. The molecule has 21 heavy (non-hydrogen) atoms. The number of aromatic nitrogens is 2. The van der Waals surface area contributed by atoms with Crippen LogP contribution in [0.2, 0.25) is 0 Å². The van der Waals surface area contributed by atoms with Crippen LogP contribution < -0.4 is 5.32 Å². The monoisotopic (exact) mass is 301 g/mol. The molecule has 0 unspecified atom stereocenters. The van der Waals surface area contributed by atoms with Gasteiger partial charge in [-0.2, -0.15) is 0 Å². The molecule has 1 saturated carbocycles. The number of nitrogens with one attached hydrogen (secondary N) is 1. The maximum atomic E-state index is 10.1. The van der Waals surface area contributed by atoms with Crippen molar-refractivity contribution >= 4 is 17.6 Å². The van der Waals surface area contributed by atoms with Gasteiger partial charge in [0.05, 0.1) is 18.0 Å². The van der Waals surface area contributed by atoms with E-state index < -0.39 is 5.60 Å². The van der Waals surface area contributed by atoms with Gasteiger partial charge in [0.1, 0.15) is 10.8 Å². The summed E-state index contributed by atoms with van der Waals surface area (Å²) in [5.74, 6) is 1.61. The fourth-order valence-corrected chi connectivity index (χ4v) is 3.06. The normalized spacial score (nSPS) is 16.2. The summed E-state index contributed by atoms with van der Waals surface area (Å²) in [4.78, 5) is 8.74. The largest absolute Gasteiger partial charge is 0.388 e. The van der Waals surface area contributed by atoms with Crippen LogP contribution >= 0.6 is 11.8 Å². The van der Waals surface area contributed by atoms with E-state index in [9.17, 15) is 5.11 Å². The molecule has 0 spiro atoms. The van der Waals surface area contributed by atoms with Crippen LogP contribution in [0.25, 0.3) is 0 Å². The Hall–Kier alpha value is -1.59. The van der Waals surface area contributed by atoms with Gasteiger partial charge in [-0.1, -0.05) is 30.3 Å². The first-order valence-corrected chi connectivity index (χ1v) is 8.17. The molecule has 2 aromatic rings. The van der Waals surface area contributed by atoms with Crippen molar-refractivity contribution in [2.45, 2.75) is 35.6 Å². The van der Waals surface area contributed by atoms with Crippen LogP contribution in [0, 0.1) is 0 Å². The smallest absolute Gasteiger partial charge is 0.145 e. The highest BCUT2D eigenvalue weighted by Crippen LogP contribution is 2.31. The van der Waals surface area contributed by atoms with Crippen LogP contribution in [-0.2, 0) is 5.75 Å². The molecule has 4 nitrogen and oxygen atoms in total. The van der Waals surface area contributed by atoms with E-state index in [0.717, 1.165) is 35.9 Å². The summed E-state index contributed by atoms with van der Waals surface area (Å²) in [6, 6.07) is 10.3. The van der Waals surface area contributed by atoms with Gasteiger partial charge in [-0.05, 0) is 24.8 Å². The number of nitrogens with zero attached hydrogens (tertiary/aromatic N) is 2. The highest BCUT2D eigenvalue weighted by molar-refractivity contribution is 7.98. The van der Waals surface area contributed by atoms with Crippen molar-refractivity contribution in [3.63, 3.8) is 0 Å². The Morgan fingerprint density at radius 2 is 2.00 bits per heavy atom. The first kappa shape index (κ1) is 14.4. The van der Waals surface area contributed by atoms with Gasteiger partial charge >= 0.3 is 0 Å². The van der Waals surface area contributed by atoms with Gasteiger partial charge in [-0.25, -0.2) is 4.98 Å². The topological polar surface area (TPSA) is 58.0 Å². The van der Waals surface area contributed by atoms with Gasteiger partial charge in [0.15, 0.2) is 0 Å². The molecule has 5 heteroatoms. The summed E-state index contributed by atoms with van der Waals surface area (Å²) in [7, 11) is 0. The van der Waals surface area contributed by atoms with Crippen molar-refractivity contribution in [3.05, 3.63) is 48.3 Å². The Morgan fingerprint density at radius 1 is 1.19 bits per heavy atom. The second kappa shape index (κ2) is 6.45. The number of hydrogen-bond donors (Lipinski definition) is 2. The molecule has 1 aliphatic rings. The molecular weight excluding hydrogens is 282 g/mol. The second-order valence-electron chi connectivity index (χ2n) is 5.45. The fraction of sp³-hybridized carbons (Fsp3) is 0.375. The summed E-state index contributed by atoms with van der Waals surface area (Å²) in [5.41, 5.74) is 0.723. The summed E-state index contributed by atoms with van der Waals surface area (Å²) in [5, 5.41) is 14.2. The van der Waals surface area contributed by atoms with Gasteiger partial charge in [0.25, 0.3) is 0 Å². The predicted octanol–water partition coefficient (Wildman–Crippen LogP) is 3.10. The number of aliphatic hydroxyl groups is 1. The van der Waals surface area contributed by atoms with Crippen molar-refractivity contribution in [1.82, 2.24) is 9.97 Å². The van der Waals surface area contributed by atoms with Crippen molar-refractivity contribution in [2.75, 3.05) is 11.9 Å². The zero-order chi connectivity index (χ0) is 14.5. The molecule has 110 valence electrons. The molecule has 0 atom stereocenters. The predicted molar refractivity (Wildman–Crippen MR) is 85.3 cm³/mol. The highest BCUT2D eigenvalue weighted by atomic mass is 32.2. The maximum absolute atomic E-state index is 10.1. The lowest BCUT2D eigenvalue weighted by Crippen LogP contribution is -2.43. The SMILES string of the molecule is OC1(CNc2cncc(SCc3ccccc3)n2)CCC1. The number of anilines is 1. The minimum Gasteiger partial charge on any atom is -0.388 e. The van der Waals surface area contributed by atoms with E-state index in [2.05, 4.69) is 27.4 Å². The maximum Gasteiger partial charge on any atom is 0.145 e. The van der Waals surface area contributed by atoms with E-state index in [4.69, 9.17) is 0 Å². The van der Waals surface area contributed by atoms with Crippen molar-refractivity contribution in [2.24, 2.45) is 0 Å². The van der Waals surface area contributed by atoms with Gasteiger partial charge in [0.2, 0.25) is 0 Å². The third kappa shape index (κ3) is 3.95. The lowest BCUT2D eigenvalue weighted by atomic mass is 9.80. The zero-order valence-corrected chi connectivity index (χ0v) is 12.6. The molecule has 3 rings (SSSR count). The van der Waals surface area contributed by atoms with Crippen LogP contribution in [-0.4, -0.2) is 27.2 Å². The van der Waals surface area contributed by atoms with Gasteiger partial charge in [-0.15, -0.1) is 11.8 Å². The van der Waals surface area contributed by atoms with E-state index in [-0.39, 0.29) is 0 Å². The first-order chi connectivity index (χ1) is 10.2. The van der Waals surface area contributed by atoms with E-state index in [1.165, 1.54) is 5.56 Å². The summed E-state index contributed by atoms with van der Waals surface area (Å²) < 4.78 is 0. The molecule has 1 heterocycles. The molecule has 0 bridgehead atoms. The quantitative estimate of drug-likeness (QED) is 0.803. The Morgan fingerprint density at radius 3 is 2.71 bits per heavy atom. The third-order valence-electron chi connectivity index (χ3n) is 3.72. The third-order valence-corrected chi connectivity index (χ3v) is 4.69. The molecule has 0 amide bonds. The molecule has 2 N–H and O–H groups in total. The van der Waals surface area contributed by atoms with E-state index in [0.29, 0.717) is 6.54 Å². The van der Waals surface area contributed by atoms with Crippen LogP contribution in [0.4, 0.5) is 5.82 Å². The molecule has 1 aromatic carbocycles. The molecule has 0 radical (unpaired) electrons. The Balaban J connectivity index is 1.55. The average Bonchev–Trinajstić information content (AvgIpc) is 2.51. The number of benzene rings is 1. The van der Waals surface area contributed by atoms with E-state index in [1.807, 2.05) is 18.2 Å². The number of hydrogen-bond acceptors (Lipinski definition) is 5. The van der Waals surface area contributed by atoms with E-state index in [1.54, 1.807) is 24.2 Å². The van der Waals surface area contributed by atoms with Crippen molar-refractivity contribution in [1.29, 1.82) is 0 Å². The first-order valence-electron chi connectivity index (χ1n) is 7.19. The highest BCUT2D eigenvalue weighted by Gasteiger charge is 2.34. The Labute approximate surface area is 129 Å². The van der Waals surface area contributed by atoms with Gasteiger partial charge in [-0.3, -0.25) is 4.98 Å². The van der Waals surface area contributed by atoms with Crippen molar-refractivity contribution < 1.29 is 5.11 Å². The number of thioether (sulfide) groups is 1. The molecular formula is C16H19N3OS. The summed E-state index contributed by atoms with van der Waals surface area (Å²) in [6.45, 7) is 0.550. The number of rotatable bonds is 6. The minimum absolute atomic E-state index is 0.547. The molecule has 1 fully saturated rings. The van der Waals surface area contributed by atoms with Crippen LogP contribution in [0.3, 0.4) is 0 Å². The van der Waals surface area contributed by atoms with Crippen molar-refractivity contribution in [3.8, 4) is 0 Å². The van der Waals surface area contributed by atoms with Crippen LogP contribution in [0.15, 0.2) is 47.8 Å². The molecule has 1 aromatic heterocycles. The molecule has 1 aliphatic carbocycles. The van der Waals surface area contributed by atoms with Gasteiger partial charge < -0.3 is 10.4 Å².